The Hall–Kier alpha value is -7.62. The van der Waals surface area contributed by atoms with E-state index in [2.05, 4.69) is 209 Å². The van der Waals surface area contributed by atoms with Gasteiger partial charge in [0.25, 0.3) is 0 Å². The van der Waals surface area contributed by atoms with Gasteiger partial charge in [-0.1, -0.05) is 133 Å². The van der Waals surface area contributed by atoms with Gasteiger partial charge in [-0.2, -0.15) is 0 Å². The average molecular weight is 727 g/mol. The summed E-state index contributed by atoms with van der Waals surface area (Å²) in [6.45, 7) is 0. The average Bonchev–Trinajstić information content (AvgIpc) is 3.94. The Balaban J connectivity index is 0.947. The van der Waals surface area contributed by atoms with Crippen LogP contribution in [0.2, 0.25) is 0 Å². The summed E-state index contributed by atoms with van der Waals surface area (Å²) in [5, 5.41) is 7.26. The van der Waals surface area contributed by atoms with Crippen molar-refractivity contribution in [3.05, 3.63) is 206 Å². The Labute approximate surface area is 328 Å². The Bertz CT molecular complexity index is 3380. The Morgan fingerprint density at radius 1 is 0.263 bits per heavy atom. The van der Waals surface area contributed by atoms with Gasteiger partial charge in [0.05, 0.1) is 22.1 Å². The summed E-state index contributed by atoms with van der Waals surface area (Å²) < 4.78 is 11.1. The molecule has 0 radical (unpaired) electrons. The zero-order valence-electron chi connectivity index (χ0n) is 30.9. The summed E-state index contributed by atoms with van der Waals surface area (Å²) in [7, 11) is 0. The molecular weight excluding hydrogens is 693 g/mol. The second-order valence-corrected chi connectivity index (χ2v) is 14.9. The topological polar surface area (TPSA) is 23.0 Å². The lowest BCUT2D eigenvalue weighted by molar-refractivity contribution is 0.669. The fourth-order valence-corrected chi connectivity index (χ4v) is 9.08. The molecule has 3 nitrogen and oxygen atoms in total. The Kier molecular flexibility index (Phi) is 6.93. The molecule has 0 bridgehead atoms. The van der Waals surface area contributed by atoms with Gasteiger partial charge in [-0.15, -0.1) is 0 Å². The third-order valence-corrected chi connectivity index (χ3v) is 11.7. The fourth-order valence-electron chi connectivity index (χ4n) is 9.08. The number of para-hydroxylation sites is 2. The smallest absolute Gasteiger partial charge is 0.136 e. The van der Waals surface area contributed by atoms with Gasteiger partial charge in [0, 0.05) is 43.7 Å². The van der Waals surface area contributed by atoms with Gasteiger partial charge < -0.3 is 13.6 Å². The molecule has 9 aromatic carbocycles. The maximum absolute atomic E-state index is 6.30. The van der Waals surface area contributed by atoms with Gasteiger partial charge >= 0.3 is 0 Å². The molecule has 0 spiro atoms. The first-order chi connectivity index (χ1) is 28.3. The van der Waals surface area contributed by atoms with E-state index in [0.29, 0.717) is 0 Å². The van der Waals surface area contributed by atoms with Crippen molar-refractivity contribution in [1.82, 2.24) is 9.13 Å². The highest BCUT2D eigenvalue weighted by atomic mass is 16.3. The van der Waals surface area contributed by atoms with Crippen LogP contribution in [0.3, 0.4) is 0 Å². The van der Waals surface area contributed by atoms with Crippen LogP contribution in [0.15, 0.2) is 211 Å². The van der Waals surface area contributed by atoms with E-state index >= 15 is 0 Å². The lowest BCUT2D eigenvalue weighted by Crippen LogP contribution is -1.95. The van der Waals surface area contributed by atoms with Crippen LogP contribution in [-0.2, 0) is 0 Å². The molecule has 3 heteroatoms. The summed E-state index contributed by atoms with van der Waals surface area (Å²) in [6, 6.07) is 74.4. The summed E-state index contributed by atoms with van der Waals surface area (Å²) in [4.78, 5) is 0. The minimum atomic E-state index is 0.916. The molecular formula is C54H34N2O. The summed E-state index contributed by atoms with van der Waals surface area (Å²) in [5.41, 5.74) is 16.1. The van der Waals surface area contributed by atoms with Crippen LogP contribution in [0.5, 0.6) is 0 Å². The minimum Gasteiger partial charge on any atom is -0.456 e. The van der Waals surface area contributed by atoms with Crippen molar-refractivity contribution in [2.45, 2.75) is 0 Å². The molecule has 57 heavy (non-hydrogen) atoms. The summed E-state index contributed by atoms with van der Waals surface area (Å²) in [6.07, 6.45) is 0. The molecule has 0 saturated carbocycles. The number of furan rings is 1. The summed E-state index contributed by atoms with van der Waals surface area (Å²) in [5.74, 6) is 0. The van der Waals surface area contributed by atoms with Crippen molar-refractivity contribution in [3.63, 3.8) is 0 Å². The zero-order chi connectivity index (χ0) is 37.5. The monoisotopic (exact) mass is 726 g/mol. The SMILES string of the molecule is c1ccc(-c2ccc3c(c2)c2cc(-c4ccccc4)ccc2n3-c2ccc(-c3ccc(-n4c5ccccc5c5c6c(ccc54)oc4ccccc46)cc3)cc2)cc1. The van der Waals surface area contributed by atoms with Crippen molar-refractivity contribution in [2.24, 2.45) is 0 Å². The third kappa shape index (κ3) is 4.92. The maximum atomic E-state index is 6.30. The molecule has 0 aliphatic carbocycles. The third-order valence-electron chi connectivity index (χ3n) is 11.7. The van der Waals surface area contributed by atoms with E-state index in [1.165, 1.54) is 82.4 Å². The van der Waals surface area contributed by atoms with Gasteiger partial charge in [0.2, 0.25) is 0 Å². The number of hydrogen-bond acceptors (Lipinski definition) is 1. The number of aromatic nitrogens is 2. The van der Waals surface area contributed by atoms with Crippen LogP contribution in [0.25, 0.3) is 110 Å². The van der Waals surface area contributed by atoms with Crippen molar-refractivity contribution >= 4 is 65.6 Å². The molecule has 0 aliphatic heterocycles. The lowest BCUT2D eigenvalue weighted by Gasteiger charge is -2.11. The van der Waals surface area contributed by atoms with Gasteiger partial charge in [0.15, 0.2) is 0 Å². The van der Waals surface area contributed by atoms with E-state index < -0.39 is 0 Å². The molecule has 3 aromatic heterocycles. The zero-order valence-corrected chi connectivity index (χ0v) is 30.9. The van der Waals surface area contributed by atoms with E-state index in [1.54, 1.807) is 0 Å². The van der Waals surface area contributed by atoms with Crippen LogP contribution in [0, 0.1) is 0 Å². The van der Waals surface area contributed by atoms with Crippen molar-refractivity contribution in [3.8, 4) is 44.8 Å². The Morgan fingerprint density at radius 3 is 1.30 bits per heavy atom. The first-order valence-electron chi connectivity index (χ1n) is 19.5. The molecule has 0 amide bonds. The normalized spacial score (nSPS) is 11.9. The standard InChI is InChI=1S/C54H34N2O/c1-3-11-35(12-4-1)39-23-29-48-45(33-39)46-34-40(36-13-5-2-6-14-36)24-30-49(46)55(48)41-25-19-37(20-26-41)38-21-27-42(28-22-38)56-47-17-9-7-15-43(47)53-50(56)31-32-52-54(53)44-16-8-10-18-51(44)57-52/h1-34H. The highest BCUT2D eigenvalue weighted by Gasteiger charge is 2.19. The highest BCUT2D eigenvalue weighted by molar-refractivity contribution is 6.27. The number of hydrogen-bond donors (Lipinski definition) is 0. The fraction of sp³-hybridized carbons (Fsp3) is 0. The molecule has 0 atom stereocenters. The van der Waals surface area contributed by atoms with Crippen molar-refractivity contribution in [1.29, 1.82) is 0 Å². The maximum Gasteiger partial charge on any atom is 0.136 e. The second kappa shape index (κ2) is 12.5. The summed E-state index contributed by atoms with van der Waals surface area (Å²) >= 11 is 0. The van der Waals surface area contributed by atoms with E-state index in [9.17, 15) is 0 Å². The molecule has 3 heterocycles. The van der Waals surface area contributed by atoms with Gasteiger partial charge in [-0.3, -0.25) is 0 Å². The predicted molar refractivity (Wildman–Crippen MR) is 239 cm³/mol. The van der Waals surface area contributed by atoms with E-state index in [4.69, 9.17) is 4.42 Å². The van der Waals surface area contributed by atoms with Crippen LogP contribution >= 0.6 is 0 Å². The van der Waals surface area contributed by atoms with E-state index in [0.717, 1.165) is 27.9 Å². The first kappa shape index (κ1) is 31.7. The number of benzene rings is 9. The second-order valence-electron chi connectivity index (χ2n) is 14.9. The van der Waals surface area contributed by atoms with Crippen LogP contribution < -0.4 is 0 Å². The van der Waals surface area contributed by atoms with Crippen molar-refractivity contribution < 1.29 is 4.42 Å². The number of fused-ring (bicyclic) bond motifs is 10. The highest BCUT2D eigenvalue weighted by Crippen LogP contribution is 2.42. The quantitative estimate of drug-likeness (QED) is 0.173. The molecule has 0 unspecified atom stereocenters. The van der Waals surface area contributed by atoms with Gasteiger partial charge in [0.1, 0.15) is 11.2 Å². The van der Waals surface area contributed by atoms with Gasteiger partial charge in [-0.05, 0) is 106 Å². The molecule has 0 saturated heterocycles. The van der Waals surface area contributed by atoms with Crippen LogP contribution in [-0.4, -0.2) is 9.13 Å². The molecule has 266 valence electrons. The number of rotatable bonds is 5. The van der Waals surface area contributed by atoms with Crippen LogP contribution in [0.1, 0.15) is 0 Å². The molecule has 0 aliphatic rings. The first-order valence-corrected chi connectivity index (χ1v) is 19.5. The van der Waals surface area contributed by atoms with E-state index in [1.807, 2.05) is 6.07 Å². The largest absolute Gasteiger partial charge is 0.456 e. The van der Waals surface area contributed by atoms with Crippen LogP contribution in [0.4, 0.5) is 0 Å². The van der Waals surface area contributed by atoms with E-state index in [-0.39, 0.29) is 0 Å². The molecule has 12 rings (SSSR count). The molecule has 12 aromatic rings. The molecule has 0 N–H and O–H groups in total. The minimum absolute atomic E-state index is 0.916. The number of nitrogens with zero attached hydrogens (tertiary/aromatic N) is 2. The van der Waals surface area contributed by atoms with Gasteiger partial charge in [-0.25, -0.2) is 0 Å². The van der Waals surface area contributed by atoms with Crippen molar-refractivity contribution in [2.75, 3.05) is 0 Å². The predicted octanol–water partition coefficient (Wildman–Crippen LogP) is 14.8. The molecule has 0 fully saturated rings. The lowest BCUT2D eigenvalue weighted by atomic mass is 10.0. The Morgan fingerprint density at radius 2 is 0.702 bits per heavy atom.